The van der Waals surface area contributed by atoms with Gasteiger partial charge in [-0.2, -0.15) is 0 Å². The van der Waals surface area contributed by atoms with Crippen LogP contribution in [0.2, 0.25) is 0 Å². The second kappa shape index (κ2) is 8.23. The van der Waals surface area contributed by atoms with Crippen molar-refractivity contribution < 1.29 is 14.3 Å². The number of hydrogen-bond acceptors (Lipinski definition) is 4. The van der Waals surface area contributed by atoms with Crippen molar-refractivity contribution in [1.29, 1.82) is 0 Å². The molecule has 0 radical (unpaired) electrons. The van der Waals surface area contributed by atoms with Crippen molar-refractivity contribution in [2.24, 2.45) is 0 Å². The van der Waals surface area contributed by atoms with Gasteiger partial charge in [0.2, 0.25) is 5.91 Å². The van der Waals surface area contributed by atoms with Gasteiger partial charge < -0.3 is 15.4 Å². The second-order valence-electron chi connectivity index (χ2n) is 7.96. The molecule has 0 aromatic heterocycles. The van der Waals surface area contributed by atoms with E-state index in [1.807, 2.05) is 0 Å². The molecule has 27 heavy (non-hydrogen) atoms. The number of hydrogen-bond donors (Lipinski definition) is 2. The van der Waals surface area contributed by atoms with Gasteiger partial charge in [0.1, 0.15) is 10.8 Å². The van der Waals surface area contributed by atoms with Gasteiger partial charge in [0.15, 0.2) is 0 Å². The standard InChI is InChI=1S/C20H30ClN3O3/c1-13-5-4-6-16-11-15(8-10-24(13)16)22-19(26)17-7-9-20(21,23-14(2)25)12-18(17)27-3/h7,9,13,15-16H,4-6,8,10-12H2,1-3H3,(H,22,26)(H,23,25). The third-order valence-electron chi connectivity index (χ3n) is 5.93. The van der Waals surface area contributed by atoms with Gasteiger partial charge in [0, 0.05) is 38.0 Å². The first-order valence-electron chi connectivity index (χ1n) is 9.82. The summed E-state index contributed by atoms with van der Waals surface area (Å²) >= 11 is 6.43. The zero-order valence-electron chi connectivity index (χ0n) is 16.4. The zero-order chi connectivity index (χ0) is 19.6. The van der Waals surface area contributed by atoms with E-state index in [4.69, 9.17) is 16.3 Å². The molecule has 4 unspecified atom stereocenters. The molecule has 0 aromatic rings. The summed E-state index contributed by atoms with van der Waals surface area (Å²) in [7, 11) is 1.52. The van der Waals surface area contributed by atoms with Crippen LogP contribution in [0.4, 0.5) is 0 Å². The number of halogens is 1. The number of nitrogens with one attached hydrogen (secondary N) is 2. The van der Waals surface area contributed by atoms with Crippen LogP contribution in [0.5, 0.6) is 0 Å². The Morgan fingerprint density at radius 1 is 1.33 bits per heavy atom. The van der Waals surface area contributed by atoms with Crippen molar-refractivity contribution in [2.75, 3.05) is 13.7 Å². The minimum atomic E-state index is -1.05. The highest BCUT2D eigenvalue weighted by molar-refractivity contribution is 6.26. The highest BCUT2D eigenvalue weighted by Crippen LogP contribution is 2.32. The Labute approximate surface area is 166 Å². The van der Waals surface area contributed by atoms with Gasteiger partial charge in [0.05, 0.1) is 12.7 Å². The van der Waals surface area contributed by atoms with E-state index in [2.05, 4.69) is 22.5 Å². The van der Waals surface area contributed by atoms with E-state index < -0.39 is 5.00 Å². The normalized spacial score (nSPS) is 34.0. The molecule has 7 heteroatoms. The van der Waals surface area contributed by atoms with Crippen LogP contribution in [-0.2, 0) is 14.3 Å². The Hall–Kier alpha value is -1.53. The first-order chi connectivity index (χ1) is 12.8. The Morgan fingerprint density at radius 3 is 2.81 bits per heavy atom. The molecule has 6 nitrogen and oxygen atoms in total. The molecule has 1 aliphatic carbocycles. The Kier molecular flexibility index (Phi) is 6.16. The number of carbonyl (C=O) groups is 2. The summed E-state index contributed by atoms with van der Waals surface area (Å²) < 4.78 is 5.41. The SMILES string of the molecule is COC1=C(C(=O)NC2CCN3C(C)CCCC3C2)C=CC(Cl)(NC(C)=O)C1. The van der Waals surface area contributed by atoms with Crippen LogP contribution in [0.1, 0.15) is 52.4 Å². The molecule has 150 valence electrons. The summed E-state index contributed by atoms with van der Waals surface area (Å²) in [5.74, 6) is 0.126. The van der Waals surface area contributed by atoms with Gasteiger partial charge in [0.25, 0.3) is 5.91 Å². The molecule has 3 rings (SSSR count). The van der Waals surface area contributed by atoms with Gasteiger partial charge in [-0.15, -0.1) is 0 Å². The summed E-state index contributed by atoms with van der Waals surface area (Å²) in [5.41, 5.74) is 0.485. The third kappa shape index (κ3) is 4.66. The van der Waals surface area contributed by atoms with Crippen molar-refractivity contribution >= 4 is 23.4 Å². The summed E-state index contributed by atoms with van der Waals surface area (Å²) in [5, 5.41) is 5.87. The van der Waals surface area contributed by atoms with Gasteiger partial charge in [-0.05, 0) is 44.8 Å². The van der Waals surface area contributed by atoms with Crippen molar-refractivity contribution in [3.8, 4) is 0 Å². The van der Waals surface area contributed by atoms with Crippen LogP contribution >= 0.6 is 11.6 Å². The molecule has 4 atom stereocenters. The predicted octanol–water partition coefficient (Wildman–Crippen LogP) is 2.44. The van der Waals surface area contributed by atoms with Gasteiger partial charge >= 0.3 is 0 Å². The maximum absolute atomic E-state index is 12.8. The van der Waals surface area contributed by atoms with Crippen LogP contribution < -0.4 is 10.6 Å². The molecule has 2 amide bonds. The number of fused-ring (bicyclic) bond motifs is 1. The van der Waals surface area contributed by atoms with Crippen LogP contribution in [0.15, 0.2) is 23.5 Å². The van der Waals surface area contributed by atoms with Gasteiger partial charge in [-0.1, -0.05) is 18.0 Å². The topological polar surface area (TPSA) is 70.7 Å². The number of alkyl halides is 1. The molecule has 2 fully saturated rings. The summed E-state index contributed by atoms with van der Waals surface area (Å²) in [6, 6.07) is 1.40. The average molecular weight is 396 g/mol. The Morgan fingerprint density at radius 2 is 2.11 bits per heavy atom. The molecule has 0 aromatic carbocycles. The minimum Gasteiger partial charge on any atom is -0.500 e. The lowest BCUT2D eigenvalue weighted by Gasteiger charge is -2.46. The van der Waals surface area contributed by atoms with E-state index in [1.165, 1.54) is 33.3 Å². The predicted molar refractivity (Wildman–Crippen MR) is 105 cm³/mol. The average Bonchev–Trinajstić information content (AvgIpc) is 2.60. The number of carbonyl (C=O) groups excluding carboxylic acids is 2. The smallest absolute Gasteiger partial charge is 0.254 e. The van der Waals surface area contributed by atoms with Gasteiger partial charge in [-0.25, -0.2) is 0 Å². The maximum atomic E-state index is 12.8. The molecular weight excluding hydrogens is 366 g/mol. The van der Waals surface area contributed by atoms with E-state index in [9.17, 15) is 9.59 Å². The number of amides is 2. The number of nitrogens with zero attached hydrogens (tertiary/aromatic N) is 1. The molecule has 2 saturated heterocycles. The molecule has 0 spiro atoms. The molecular formula is C20H30ClN3O3. The van der Waals surface area contributed by atoms with E-state index in [0.29, 0.717) is 23.4 Å². The van der Waals surface area contributed by atoms with Crippen LogP contribution in [-0.4, -0.2) is 53.5 Å². The van der Waals surface area contributed by atoms with Crippen molar-refractivity contribution in [2.45, 2.75) is 75.5 Å². The number of methoxy groups -OCH3 is 1. The fourth-order valence-corrected chi connectivity index (χ4v) is 4.92. The first kappa shape index (κ1) is 20.2. The maximum Gasteiger partial charge on any atom is 0.254 e. The highest BCUT2D eigenvalue weighted by Gasteiger charge is 2.36. The minimum absolute atomic E-state index is 0.132. The number of piperidine rings is 2. The second-order valence-corrected chi connectivity index (χ2v) is 8.64. The quantitative estimate of drug-likeness (QED) is 0.566. The van der Waals surface area contributed by atoms with Crippen LogP contribution in [0.25, 0.3) is 0 Å². The van der Waals surface area contributed by atoms with Crippen LogP contribution in [0, 0.1) is 0 Å². The molecule has 0 saturated carbocycles. The third-order valence-corrected chi connectivity index (χ3v) is 6.28. The molecule has 2 aliphatic heterocycles. The lowest BCUT2D eigenvalue weighted by Crippen LogP contribution is -2.54. The lowest BCUT2D eigenvalue weighted by molar-refractivity contribution is -0.119. The fourth-order valence-electron chi connectivity index (χ4n) is 4.60. The fraction of sp³-hybridized carbons (Fsp3) is 0.700. The first-order valence-corrected chi connectivity index (χ1v) is 10.2. The lowest BCUT2D eigenvalue weighted by atomic mass is 9.87. The molecule has 2 N–H and O–H groups in total. The van der Waals surface area contributed by atoms with Crippen molar-refractivity contribution in [3.05, 3.63) is 23.5 Å². The molecule has 2 heterocycles. The molecule has 0 bridgehead atoms. The highest BCUT2D eigenvalue weighted by atomic mass is 35.5. The Balaban J connectivity index is 1.64. The van der Waals surface area contributed by atoms with E-state index >= 15 is 0 Å². The summed E-state index contributed by atoms with van der Waals surface area (Å²) in [6.45, 7) is 4.76. The number of rotatable bonds is 4. The van der Waals surface area contributed by atoms with Crippen molar-refractivity contribution in [1.82, 2.24) is 15.5 Å². The van der Waals surface area contributed by atoms with E-state index in [-0.39, 0.29) is 24.3 Å². The van der Waals surface area contributed by atoms with E-state index in [1.54, 1.807) is 12.2 Å². The number of ether oxygens (including phenoxy) is 1. The summed E-state index contributed by atoms with van der Waals surface area (Å²) in [4.78, 5) is 25.8. The van der Waals surface area contributed by atoms with Gasteiger partial charge in [-0.3, -0.25) is 14.5 Å². The summed E-state index contributed by atoms with van der Waals surface area (Å²) in [6.07, 6.45) is 9.27. The van der Waals surface area contributed by atoms with Crippen molar-refractivity contribution in [3.63, 3.8) is 0 Å². The van der Waals surface area contributed by atoms with Crippen LogP contribution in [0.3, 0.4) is 0 Å². The molecule has 3 aliphatic rings. The Bertz CT molecular complexity index is 663. The van der Waals surface area contributed by atoms with E-state index in [0.717, 1.165) is 19.4 Å². The zero-order valence-corrected chi connectivity index (χ0v) is 17.1. The largest absolute Gasteiger partial charge is 0.500 e. The monoisotopic (exact) mass is 395 g/mol.